The lowest BCUT2D eigenvalue weighted by atomic mass is 9.90. The van der Waals surface area contributed by atoms with Gasteiger partial charge in [0.2, 0.25) is 0 Å². The van der Waals surface area contributed by atoms with Crippen LogP contribution in [0.4, 0.5) is 0 Å². The number of halogens is 2. The topological polar surface area (TPSA) is 52.4 Å². The van der Waals surface area contributed by atoms with Crippen LogP contribution < -0.4 is 0 Å². The van der Waals surface area contributed by atoms with Crippen molar-refractivity contribution >= 4 is 23.2 Å². The lowest BCUT2D eigenvalue weighted by Gasteiger charge is -2.37. The van der Waals surface area contributed by atoms with E-state index in [0.717, 1.165) is 38.0 Å². The van der Waals surface area contributed by atoms with Gasteiger partial charge in [-0.3, -0.25) is 4.90 Å². The average molecular weight is 425 g/mol. The third kappa shape index (κ3) is 4.36. The Bertz CT molecular complexity index is 794. The number of aromatic nitrogens is 3. The predicted molar refractivity (Wildman–Crippen MR) is 109 cm³/mol. The molecule has 2 aromatic rings. The van der Waals surface area contributed by atoms with Gasteiger partial charge in [0.1, 0.15) is 18.3 Å². The maximum atomic E-state index is 6.70. The predicted octanol–water partition coefficient (Wildman–Crippen LogP) is 3.77. The molecule has 3 heterocycles. The molecule has 0 amide bonds. The average Bonchev–Trinajstić information content (AvgIpc) is 3.25. The fourth-order valence-electron chi connectivity index (χ4n) is 4.52. The second-order valence-electron chi connectivity index (χ2n) is 7.97. The minimum Gasteiger partial charge on any atom is -0.373 e. The summed E-state index contributed by atoms with van der Waals surface area (Å²) in [5.74, 6) is 0. The van der Waals surface area contributed by atoms with Crippen LogP contribution in [0.25, 0.3) is 0 Å². The van der Waals surface area contributed by atoms with E-state index in [-0.39, 0.29) is 18.3 Å². The summed E-state index contributed by atoms with van der Waals surface area (Å²) in [5.41, 5.74) is 0.420. The molecule has 28 heavy (non-hydrogen) atoms. The third-order valence-electron chi connectivity index (χ3n) is 5.53. The van der Waals surface area contributed by atoms with Gasteiger partial charge in [-0.25, -0.2) is 9.67 Å². The molecule has 2 saturated heterocycles. The molecule has 2 fully saturated rings. The summed E-state index contributed by atoms with van der Waals surface area (Å²) < 4.78 is 14.4. The SMILES string of the molecule is CC1CN(CC2CCC(Cn3cncn3)(c3ccc(Cl)cc3Cl)O2)CC(C)O1. The van der Waals surface area contributed by atoms with E-state index in [1.807, 2.05) is 16.8 Å². The molecule has 4 unspecified atom stereocenters. The molecule has 0 N–H and O–H groups in total. The molecule has 8 heteroatoms. The molecule has 2 aliphatic rings. The Morgan fingerprint density at radius 3 is 2.68 bits per heavy atom. The Kier molecular flexibility index (Phi) is 5.95. The largest absolute Gasteiger partial charge is 0.373 e. The van der Waals surface area contributed by atoms with Crippen molar-refractivity contribution in [1.82, 2.24) is 19.7 Å². The highest BCUT2D eigenvalue weighted by Gasteiger charge is 2.44. The smallest absolute Gasteiger partial charge is 0.137 e. The van der Waals surface area contributed by atoms with Gasteiger partial charge in [-0.15, -0.1) is 0 Å². The molecule has 0 radical (unpaired) electrons. The van der Waals surface area contributed by atoms with E-state index >= 15 is 0 Å². The maximum absolute atomic E-state index is 6.70. The molecule has 6 nitrogen and oxygen atoms in total. The van der Waals surface area contributed by atoms with Crippen LogP contribution in [-0.2, 0) is 21.6 Å². The highest BCUT2D eigenvalue weighted by atomic mass is 35.5. The lowest BCUT2D eigenvalue weighted by Crippen LogP contribution is -2.48. The highest BCUT2D eigenvalue weighted by Crippen LogP contribution is 2.44. The molecule has 0 spiro atoms. The van der Waals surface area contributed by atoms with Gasteiger partial charge < -0.3 is 9.47 Å². The molecule has 4 atom stereocenters. The number of ether oxygens (including phenoxy) is 2. The lowest BCUT2D eigenvalue weighted by molar-refractivity contribution is -0.100. The standard InChI is InChI=1S/C20H26Cl2N4O2/c1-14-8-25(9-15(2)27-14)10-17-5-6-20(28-17,11-26-13-23-12-24-26)18-4-3-16(21)7-19(18)22/h3-4,7,12-15,17H,5-6,8-11H2,1-2H3. The van der Waals surface area contributed by atoms with E-state index in [9.17, 15) is 0 Å². The van der Waals surface area contributed by atoms with Crippen molar-refractivity contribution in [1.29, 1.82) is 0 Å². The summed E-state index contributed by atoms with van der Waals surface area (Å²) >= 11 is 12.7. The number of hydrogen-bond acceptors (Lipinski definition) is 5. The molecule has 1 aromatic heterocycles. The molecule has 4 rings (SSSR count). The summed E-state index contributed by atoms with van der Waals surface area (Å²) in [7, 11) is 0. The number of nitrogens with zero attached hydrogens (tertiary/aromatic N) is 4. The summed E-state index contributed by atoms with van der Waals surface area (Å²) in [6, 6.07) is 5.63. The third-order valence-corrected chi connectivity index (χ3v) is 6.07. The Labute approximate surface area is 175 Å². The van der Waals surface area contributed by atoms with Crippen LogP contribution in [0, 0.1) is 0 Å². The van der Waals surface area contributed by atoms with Crippen molar-refractivity contribution in [2.75, 3.05) is 19.6 Å². The van der Waals surface area contributed by atoms with Crippen LogP contribution >= 0.6 is 23.2 Å². The quantitative estimate of drug-likeness (QED) is 0.730. The van der Waals surface area contributed by atoms with Gasteiger partial charge >= 0.3 is 0 Å². The second kappa shape index (κ2) is 8.28. The van der Waals surface area contributed by atoms with Crippen LogP contribution in [0.15, 0.2) is 30.9 Å². The van der Waals surface area contributed by atoms with Gasteiger partial charge in [0, 0.05) is 35.2 Å². The Morgan fingerprint density at radius 1 is 1.21 bits per heavy atom. The van der Waals surface area contributed by atoms with Crippen molar-refractivity contribution < 1.29 is 9.47 Å². The van der Waals surface area contributed by atoms with Crippen molar-refractivity contribution in [2.24, 2.45) is 0 Å². The van der Waals surface area contributed by atoms with Gasteiger partial charge in [-0.1, -0.05) is 29.3 Å². The van der Waals surface area contributed by atoms with Crippen molar-refractivity contribution in [3.63, 3.8) is 0 Å². The number of hydrogen-bond donors (Lipinski definition) is 0. The van der Waals surface area contributed by atoms with Crippen LogP contribution in [0.3, 0.4) is 0 Å². The Morgan fingerprint density at radius 2 is 2.00 bits per heavy atom. The van der Waals surface area contributed by atoms with E-state index in [4.69, 9.17) is 32.7 Å². The summed E-state index contributed by atoms with van der Waals surface area (Å²) in [5, 5.41) is 5.54. The zero-order valence-electron chi connectivity index (χ0n) is 16.2. The number of benzene rings is 1. The monoisotopic (exact) mass is 424 g/mol. The van der Waals surface area contributed by atoms with Crippen LogP contribution in [0.1, 0.15) is 32.3 Å². The van der Waals surface area contributed by atoms with E-state index in [1.165, 1.54) is 0 Å². The molecule has 2 aliphatic heterocycles. The first-order valence-corrected chi connectivity index (χ1v) is 10.5. The first-order chi connectivity index (χ1) is 13.4. The molecular weight excluding hydrogens is 399 g/mol. The number of morpholine rings is 1. The van der Waals surface area contributed by atoms with E-state index in [1.54, 1.807) is 18.7 Å². The minimum atomic E-state index is -0.538. The molecule has 1 aromatic carbocycles. The number of rotatable bonds is 5. The molecule has 0 saturated carbocycles. The molecule has 0 aliphatic carbocycles. The van der Waals surface area contributed by atoms with Gasteiger partial charge in [-0.05, 0) is 38.8 Å². The normalized spacial score (nSPS) is 31.4. The summed E-state index contributed by atoms with van der Waals surface area (Å²) in [4.78, 5) is 6.52. The van der Waals surface area contributed by atoms with Crippen molar-refractivity contribution in [2.45, 2.75) is 57.1 Å². The Hall–Kier alpha value is -1.18. The van der Waals surface area contributed by atoms with Crippen LogP contribution in [-0.4, -0.2) is 57.6 Å². The maximum Gasteiger partial charge on any atom is 0.137 e. The van der Waals surface area contributed by atoms with E-state index in [2.05, 4.69) is 28.8 Å². The Balaban J connectivity index is 1.55. The van der Waals surface area contributed by atoms with E-state index < -0.39 is 5.60 Å². The van der Waals surface area contributed by atoms with Gasteiger partial charge in [0.15, 0.2) is 0 Å². The van der Waals surface area contributed by atoms with E-state index in [0.29, 0.717) is 16.6 Å². The van der Waals surface area contributed by atoms with Gasteiger partial charge in [0.25, 0.3) is 0 Å². The zero-order chi connectivity index (χ0) is 19.7. The fraction of sp³-hybridized carbons (Fsp3) is 0.600. The van der Waals surface area contributed by atoms with Gasteiger partial charge in [-0.2, -0.15) is 5.10 Å². The minimum absolute atomic E-state index is 0.132. The van der Waals surface area contributed by atoms with Crippen molar-refractivity contribution in [3.05, 3.63) is 46.5 Å². The summed E-state index contributed by atoms with van der Waals surface area (Å²) in [6.45, 7) is 7.58. The molecule has 0 bridgehead atoms. The second-order valence-corrected chi connectivity index (χ2v) is 8.81. The molecule has 152 valence electrons. The van der Waals surface area contributed by atoms with Crippen LogP contribution in [0.2, 0.25) is 10.0 Å². The highest BCUT2D eigenvalue weighted by molar-refractivity contribution is 6.35. The molecular formula is C20H26Cl2N4O2. The first-order valence-electron chi connectivity index (χ1n) is 9.77. The van der Waals surface area contributed by atoms with Gasteiger partial charge in [0.05, 0.1) is 24.9 Å². The van der Waals surface area contributed by atoms with Crippen LogP contribution in [0.5, 0.6) is 0 Å². The fourth-order valence-corrected chi connectivity index (χ4v) is 5.10. The first kappa shape index (κ1) is 20.1. The summed E-state index contributed by atoms with van der Waals surface area (Å²) in [6.07, 6.45) is 5.72. The van der Waals surface area contributed by atoms with Crippen molar-refractivity contribution in [3.8, 4) is 0 Å². The zero-order valence-corrected chi connectivity index (χ0v) is 17.7.